The zero-order valence-electron chi connectivity index (χ0n) is 14.8. The highest BCUT2D eigenvalue weighted by molar-refractivity contribution is 6.67. The van der Waals surface area contributed by atoms with Crippen LogP contribution in [0.4, 0.5) is 0 Å². The maximum atomic E-state index is 10.1. The molecule has 144 valence electrons. The van der Waals surface area contributed by atoms with Gasteiger partial charge in [-0.1, -0.05) is 47.8 Å². The van der Waals surface area contributed by atoms with Crippen molar-refractivity contribution in [1.29, 1.82) is 0 Å². The van der Waals surface area contributed by atoms with Crippen LogP contribution in [-0.2, 0) is 11.2 Å². The first-order valence-corrected chi connectivity index (χ1v) is 10.6. The highest BCUT2D eigenvalue weighted by Crippen LogP contribution is 2.62. The van der Waals surface area contributed by atoms with E-state index in [1.165, 1.54) is 11.1 Å². The molecular formula is C20H25Cl3O3. The summed E-state index contributed by atoms with van der Waals surface area (Å²) in [5.74, 6) is 2.08. The number of alkyl halides is 3. The molecule has 3 aliphatic rings. The highest BCUT2D eigenvalue weighted by Gasteiger charge is 2.56. The van der Waals surface area contributed by atoms with Crippen molar-refractivity contribution in [3.8, 4) is 5.75 Å². The quantitative estimate of drug-likeness (QED) is 0.503. The van der Waals surface area contributed by atoms with Gasteiger partial charge in [0.25, 0.3) is 0 Å². The van der Waals surface area contributed by atoms with Gasteiger partial charge in [-0.3, -0.25) is 0 Å². The van der Waals surface area contributed by atoms with Gasteiger partial charge in [-0.25, -0.2) is 0 Å². The molecule has 0 aromatic heterocycles. The Labute approximate surface area is 169 Å². The second kappa shape index (κ2) is 6.70. The molecule has 4 rings (SSSR count). The van der Waals surface area contributed by atoms with Crippen LogP contribution in [0.5, 0.6) is 5.75 Å². The molecule has 2 saturated carbocycles. The van der Waals surface area contributed by atoms with Gasteiger partial charge in [-0.05, 0) is 85.0 Å². The maximum absolute atomic E-state index is 10.1. The van der Waals surface area contributed by atoms with Crippen LogP contribution in [-0.4, -0.2) is 26.4 Å². The predicted molar refractivity (Wildman–Crippen MR) is 104 cm³/mol. The van der Waals surface area contributed by atoms with Gasteiger partial charge in [0.2, 0.25) is 10.1 Å². The molecule has 26 heavy (non-hydrogen) atoms. The topological polar surface area (TPSA) is 49.7 Å². The average molecular weight is 420 g/mol. The van der Waals surface area contributed by atoms with Crippen LogP contribution >= 0.6 is 34.8 Å². The van der Waals surface area contributed by atoms with E-state index in [-0.39, 0.29) is 11.5 Å². The number of fused-ring (bicyclic) bond motifs is 5. The number of phenols is 1. The van der Waals surface area contributed by atoms with Crippen molar-refractivity contribution in [2.75, 3.05) is 0 Å². The van der Waals surface area contributed by atoms with Gasteiger partial charge in [-0.15, -0.1) is 0 Å². The first-order chi connectivity index (χ1) is 12.2. The Morgan fingerprint density at radius 1 is 1.19 bits per heavy atom. The molecule has 2 fully saturated rings. The van der Waals surface area contributed by atoms with E-state index in [9.17, 15) is 10.2 Å². The van der Waals surface area contributed by atoms with Gasteiger partial charge >= 0.3 is 0 Å². The Morgan fingerprint density at radius 2 is 1.96 bits per heavy atom. The van der Waals surface area contributed by atoms with Crippen LogP contribution in [0.25, 0.3) is 0 Å². The van der Waals surface area contributed by atoms with Crippen molar-refractivity contribution in [3.63, 3.8) is 0 Å². The molecular weight excluding hydrogens is 395 g/mol. The van der Waals surface area contributed by atoms with E-state index in [4.69, 9.17) is 39.5 Å². The molecule has 1 aromatic carbocycles. The van der Waals surface area contributed by atoms with Crippen LogP contribution in [0.1, 0.15) is 56.1 Å². The fourth-order valence-corrected chi connectivity index (χ4v) is 6.13. The number of phenolic OH excluding ortho intramolecular Hbond substituents is 1. The molecule has 6 heteroatoms. The highest BCUT2D eigenvalue weighted by atomic mass is 35.6. The standard InChI is InChI=1S/C20H25Cl3O3/c1-19-9-8-14-13-5-3-12(24)10-11(13)2-4-15(14)16(19)6-7-17(19)26-18(25)20(21,22)23/h3,5,10,14-18,24-25H,2,4,6-9H2,1H3/t14-,15+,16-,17+,18-,19+/m1/s1. The molecule has 6 atom stereocenters. The van der Waals surface area contributed by atoms with Gasteiger partial charge in [-0.2, -0.15) is 0 Å². The molecule has 0 amide bonds. The van der Waals surface area contributed by atoms with Crippen molar-refractivity contribution in [1.82, 2.24) is 0 Å². The molecule has 3 aliphatic carbocycles. The number of ether oxygens (including phenoxy) is 1. The summed E-state index contributed by atoms with van der Waals surface area (Å²) in [4.78, 5) is 0. The number of halogens is 3. The smallest absolute Gasteiger partial charge is 0.240 e. The van der Waals surface area contributed by atoms with Gasteiger partial charge in [0.1, 0.15) is 5.75 Å². The third kappa shape index (κ3) is 3.14. The molecule has 0 aliphatic heterocycles. The second-order valence-electron chi connectivity index (χ2n) is 8.44. The number of rotatable bonds is 2. The number of aliphatic hydroxyl groups is 1. The second-order valence-corrected chi connectivity index (χ2v) is 10.8. The van der Waals surface area contributed by atoms with Gasteiger partial charge < -0.3 is 14.9 Å². The van der Waals surface area contributed by atoms with Crippen molar-refractivity contribution >= 4 is 34.8 Å². The van der Waals surface area contributed by atoms with E-state index in [0.717, 1.165) is 38.5 Å². The summed E-state index contributed by atoms with van der Waals surface area (Å²) >= 11 is 17.4. The summed E-state index contributed by atoms with van der Waals surface area (Å²) in [6.07, 6.45) is 4.78. The lowest BCUT2D eigenvalue weighted by Crippen LogP contribution is -2.46. The number of aromatic hydroxyl groups is 1. The summed E-state index contributed by atoms with van der Waals surface area (Å²) < 4.78 is 4.02. The lowest BCUT2D eigenvalue weighted by molar-refractivity contribution is -0.171. The molecule has 1 aromatic rings. The van der Waals surface area contributed by atoms with E-state index in [0.29, 0.717) is 23.5 Å². The van der Waals surface area contributed by atoms with E-state index in [1.807, 2.05) is 12.1 Å². The summed E-state index contributed by atoms with van der Waals surface area (Å²) in [6, 6.07) is 5.85. The van der Waals surface area contributed by atoms with Crippen LogP contribution < -0.4 is 0 Å². The Kier molecular flexibility index (Phi) is 4.93. The van der Waals surface area contributed by atoms with Gasteiger partial charge in [0.05, 0.1) is 6.10 Å². The van der Waals surface area contributed by atoms with Crippen molar-refractivity contribution in [3.05, 3.63) is 29.3 Å². The SMILES string of the molecule is C[C@]12CC[C@@H]3c4ccc(O)cc4CC[C@@H]3[C@H]1CC[C@@H]2O[C@@H](O)C(Cl)(Cl)Cl. The lowest BCUT2D eigenvalue weighted by atomic mass is 9.55. The zero-order valence-corrected chi connectivity index (χ0v) is 17.1. The molecule has 0 spiro atoms. The van der Waals surface area contributed by atoms with E-state index in [2.05, 4.69) is 13.0 Å². The summed E-state index contributed by atoms with van der Waals surface area (Å²) in [5, 5.41) is 19.9. The van der Waals surface area contributed by atoms with E-state index in [1.54, 1.807) is 0 Å². The molecule has 0 radical (unpaired) electrons. The first-order valence-electron chi connectivity index (χ1n) is 9.42. The van der Waals surface area contributed by atoms with Crippen LogP contribution in [0.3, 0.4) is 0 Å². The summed E-state index contributed by atoms with van der Waals surface area (Å²) in [6.45, 7) is 2.28. The number of aryl methyl sites for hydroxylation is 1. The third-order valence-electron chi connectivity index (χ3n) is 7.20. The minimum absolute atomic E-state index is 0.00643. The van der Waals surface area contributed by atoms with Crippen molar-refractivity contribution < 1.29 is 14.9 Å². The van der Waals surface area contributed by atoms with Crippen LogP contribution in [0, 0.1) is 17.3 Å². The molecule has 0 bridgehead atoms. The van der Waals surface area contributed by atoms with Crippen molar-refractivity contribution in [2.24, 2.45) is 17.3 Å². The Bertz CT molecular complexity index is 689. The molecule has 0 unspecified atom stereocenters. The minimum Gasteiger partial charge on any atom is -0.508 e. The zero-order chi connectivity index (χ0) is 18.7. The Hall–Kier alpha value is -0.190. The first kappa shape index (κ1) is 19.1. The van der Waals surface area contributed by atoms with Crippen LogP contribution in [0.2, 0.25) is 0 Å². The van der Waals surface area contributed by atoms with Crippen molar-refractivity contribution in [2.45, 2.75) is 67.6 Å². The van der Waals surface area contributed by atoms with Gasteiger partial charge in [0, 0.05) is 0 Å². The van der Waals surface area contributed by atoms with Gasteiger partial charge in [0.15, 0.2) is 0 Å². The summed E-state index contributed by atoms with van der Waals surface area (Å²) in [5.41, 5.74) is 2.71. The molecule has 2 N–H and O–H groups in total. The number of aliphatic hydroxyl groups excluding tert-OH is 1. The maximum Gasteiger partial charge on any atom is 0.240 e. The predicted octanol–water partition coefficient (Wildman–Crippen LogP) is 5.32. The number of benzene rings is 1. The van der Waals surface area contributed by atoms with E-state index < -0.39 is 10.1 Å². The largest absolute Gasteiger partial charge is 0.508 e. The molecule has 0 saturated heterocycles. The lowest BCUT2D eigenvalue weighted by Gasteiger charge is -2.51. The molecule has 3 nitrogen and oxygen atoms in total. The molecule has 0 heterocycles. The monoisotopic (exact) mass is 418 g/mol. The van der Waals surface area contributed by atoms with Crippen LogP contribution in [0.15, 0.2) is 18.2 Å². The average Bonchev–Trinajstić information content (AvgIpc) is 2.90. The Morgan fingerprint density at radius 3 is 2.69 bits per heavy atom. The fourth-order valence-electron chi connectivity index (χ4n) is 5.98. The normalized spacial score (nSPS) is 37.6. The fraction of sp³-hybridized carbons (Fsp3) is 0.700. The summed E-state index contributed by atoms with van der Waals surface area (Å²) in [7, 11) is 0. The number of hydrogen-bond acceptors (Lipinski definition) is 3. The number of hydrogen-bond donors (Lipinski definition) is 2. The third-order valence-corrected chi connectivity index (χ3v) is 7.76. The minimum atomic E-state index is -1.82. The van der Waals surface area contributed by atoms with E-state index >= 15 is 0 Å². The Balaban J connectivity index is 1.56.